The zero-order chi connectivity index (χ0) is 18.7. The zero-order valence-corrected chi connectivity index (χ0v) is 17.2. The number of nitrogens with zero attached hydrogens (tertiary/aromatic N) is 1. The Hall–Kier alpha value is -1.59. The number of rotatable bonds is 3. The van der Waals surface area contributed by atoms with Gasteiger partial charge in [0.25, 0.3) is 0 Å². The van der Waals surface area contributed by atoms with Crippen molar-refractivity contribution in [2.75, 3.05) is 11.5 Å². The molecule has 1 amide bonds. The van der Waals surface area contributed by atoms with Crippen molar-refractivity contribution in [2.24, 2.45) is 0 Å². The van der Waals surface area contributed by atoms with E-state index in [4.69, 9.17) is 4.74 Å². The van der Waals surface area contributed by atoms with E-state index in [-0.39, 0.29) is 22.3 Å². The van der Waals surface area contributed by atoms with Crippen molar-refractivity contribution in [1.29, 1.82) is 0 Å². The number of carbonyl (C=O) groups excluding carboxylic acids is 1. The fourth-order valence-electron chi connectivity index (χ4n) is 4.12. The Bertz CT molecular complexity index is 762. The fraction of sp³-hybridized carbons (Fsp3) is 0.409. The fourth-order valence-corrected chi connectivity index (χ4v) is 7.63. The molecule has 0 radical (unpaired) electrons. The maximum Gasteiger partial charge on any atom is 0.410 e. The van der Waals surface area contributed by atoms with Crippen molar-refractivity contribution in [1.82, 2.24) is 4.90 Å². The lowest BCUT2D eigenvalue weighted by Crippen LogP contribution is -2.50. The van der Waals surface area contributed by atoms with Crippen LogP contribution in [0.1, 0.15) is 36.9 Å². The molecule has 2 atom stereocenters. The van der Waals surface area contributed by atoms with Crippen LogP contribution >= 0.6 is 23.5 Å². The number of benzene rings is 2. The number of hydrogen-bond acceptors (Lipinski definition) is 4. The van der Waals surface area contributed by atoms with Crippen molar-refractivity contribution >= 4 is 29.6 Å². The molecular formula is C22H25NO2S2. The quantitative estimate of drug-likeness (QED) is 0.660. The van der Waals surface area contributed by atoms with Crippen LogP contribution in [0.25, 0.3) is 0 Å². The molecule has 0 saturated carbocycles. The third-order valence-corrected chi connectivity index (χ3v) is 8.84. The van der Waals surface area contributed by atoms with Crippen LogP contribution in [0.3, 0.4) is 0 Å². The Balaban J connectivity index is 1.55. The van der Waals surface area contributed by atoms with E-state index < -0.39 is 0 Å². The SMILES string of the molecule is C[C@H]1CC2(C[C@H](c3ccccc3)N1C(=O)OCc1ccccc1)SCCS2. The second kappa shape index (κ2) is 8.19. The normalized spacial score (nSPS) is 24.1. The third-order valence-electron chi connectivity index (χ3n) is 5.34. The molecule has 4 rings (SSSR count). The molecule has 2 aromatic rings. The first-order valence-electron chi connectivity index (χ1n) is 9.49. The van der Waals surface area contributed by atoms with Gasteiger partial charge in [0.05, 0.1) is 10.1 Å². The summed E-state index contributed by atoms with van der Waals surface area (Å²) in [6, 6.07) is 20.5. The predicted molar refractivity (Wildman–Crippen MR) is 114 cm³/mol. The monoisotopic (exact) mass is 399 g/mol. The number of amides is 1. The molecule has 0 bridgehead atoms. The molecule has 142 valence electrons. The summed E-state index contributed by atoms with van der Waals surface area (Å²) in [6.07, 6.45) is 1.80. The second-order valence-corrected chi connectivity index (χ2v) is 10.5. The first kappa shape index (κ1) is 18.8. The molecule has 2 aliphatic rings. The molecule has 2 aliphatic heterocycles. The predicted octanol–water partition coefficient (Wildman–Crippen LogP) is 5.73. The maximum atomic E-state index is 13.1. The molecule has 1 spiro atoms. The summed E-state index contributed by atoms with van der Waals surface area (Å²) in [5.74, 6) is 2.41. The molecule has 27 heavy (non-hydrogen) atoms. The van der Waals surface area contributed by atoms with Crippen LogP contribution in [-0.2, 0) is 11.3 Å². The van der Waals surface area contributed by atoms with Gasteiger partial charge < -0.3 is 4.74 Å². The summed E-state index contributed by atoms with van der Waals surface area (Å²) in [7, 11) is 0. The van der Waals surface area contributed by atoms with Crippen LogP contribution in [0.15, 0.2) is 60.7 Å². The highest BCUT2D eigenvalue weighted by molar-refractivity contribution is 8.21. The van der Waals surface area contributed by atoms with Gasteiger partial charge in [0.15, 0.2) is 0 Å². The summed E-state index contributed by atoms with van der Waals surface area (Å²) in [4.78, 5) is 15.0. The van der Waals surface area contributed by atoms with Crippen molar-refractivity contribution in [3.8, 4) is 0 Å². The molecule has 0 aromatic heterocycles. The molecule has 3 nitrogen and oxygen atoms in total. The van der Waals surface area contributed by atoms with E-state index in [0.717, 1.165) is 18.4 Å². The Morgan fingerprint density at radius 3 is 2.33 bits per heavy atom. The van der Waals surface area contributed by atoms with E-state index >= 15 is 0 Å². The average molecular weight is 400 g/mol. The van der Waals surface area contributed by atoms with Crippen molar-refractivity contribution < 1.29 is 9.53 Å². The van der Waals surface area contributed by atoms with Crippen LogP contribution in [0.4, 0.5) is 4.79 Å². The largest absolute Gasteiger partial charge is 0.445 e. The van der Waals surface area contributed by atoms with E-state index in [1.165, 1.54) is 17.1 Å². The van der Waals surface area contributed by atoms with Crippen LogP contribution in [0.5, 0.6) is 0 Å². The van der Waals surface area contributed by atoms with E-state index in [2.05, 4.69) is 54.7 Å². The topological polar surface area (TPSA) is 29.5 Å². The lowest BCUT2D eigenvalue weighted by Gasteiger charge is -2.47. The van der Waals surface area contributed by atoms with Crippen molar-refractivity contribution in [3.63, 3.8) is 0 Å². The summed E-state index contributed by atoms with van der Waals surface area (Å²) < 4.78 is 5.95. The van der Waals surface area contributed by atoms with E-state index in [9.17, 15) is 4.79 Å². The van der Waals surface area contributed by atoms with Gasteiger partial charge in [0, 0.05) is 17.5 Å². The summed E-state index contributed by atoms with van der Waals surface area (Å²) in [5.41, 5.74) is 2.22. The Morgan fingerprint density at radius 1 is 1.04 bits per heavy atom. The Morgan fingerprint density at radius 2 is 1.67 bits per heavy atom. The molecule has 0 aliphatic carbocycles. The van der Waals surface area contributed by atoms with Gasteiger partial charge in [0.1, 0.15) is 6.61 Å². The van der Waals surface area contributed by atoms with Crippen LogP contribution in [0, 0.1) is 0 Å². The van der Waals surface area contributed by atoms with Crippen LogP contribution in [0.2, 0.25) is 0 Å². The molecule has 0 N–H and O–H groups in total. The highest BCUT2D eigenvalue weighted by Crippen LogP contribution is 2.56. The van der Waals surface area contributed by atoms with Gasteiger partial charge in [-0.1, -0.05) is 60.7 Å². The minimum atomic E-state index is -0.206. The number of piperidine rings is 1. The highest BCUT2D eigenvalue weighted by Gasteiger charge is 2.48. The molecule has 2 fully saturated rings. The van der Waals surface area contributed by atoms with Gasteiger partial charge >= 0.3 is 6.09 Å². The van der Waals surface area contributed by atoms with Crippen LogP contribution in [-0.4, -0.2) is 32.6 Å². The average Bonchev–Trinajstić information content (AvgIpc) is 3.14. The lowest BCUT2D eigenvalue weighted by molar-refractivity contribution is 0.0450. The Labute approximate surface area is 169 Å². The lowest BCUT2D eigenvalue weighted by atomic mass is 9.91. The maximum absolute atomic E-state index is 13.1. The Kier molecular flexibility index (Phi) is 5.69. The summed E-state index contributed by atoms with van der Waals surface area (Å²) >= 11 is 4.15. The number of carbonyl (C=O) groups is 1. The van der Waals surface area contributed by atoms with Crippen molar-refractivity contribution in [3.05, 3.63) is 71.8 Å². The van der Waals surface area contributed by atoms with Gasteiger partial charge in [-0.2, -0.15) is 0 Å². The van der Waals surface area contributed by atoms with E-state index in [0.29, 0.717) is 6.61 Å². The molecule has 2 saturated heterocycles. The van der Waals surface area contributed by atoms with Gasteiger partial charge in [-0.05, 0) is 30.9 Å². The first-order chi connectivity index (χ1) is 13.2. The van der Waals surface area contributed by atoms with Gasteiger partial charge in [-0.15, -0.1) is 23.5 Å². The molecule has 2 aromatic carbocycles. The highest BCUT2D eigenvalue weighted by atomic mass is 32.2. The van der Waals surface area contributed by atoms with E-state index in [1.807, 2.05) is 41.3 Å². The summed E-state index contributed by atoms with van der Waals surface area (Å²) in [6.45, 7) is 2.49. The molecule has 2 heterocycles. The first-order valence-corrected chi connectivity index (χ1v) is 11.5. The molecule has 0 unspecified atom stereocenters. The minimum absolute atomic E-state index is 0.0660. The standard InChI is InChI=1S/C22H25NO2S2/c1-17-14-22(26-12-13-27-22)15-20(19-10-6-3-7-11-19)23(17)21(24)25-16-18-8-4-2-5-9-18/h2-11,17,20H,12-16H2,1H3/t17-,20+/m0/s1. The number of ether oxygens (including phenoxy) is 1. The number of thioether (sulfide) groups is 2. The van der Waals surface area contributed by atoms with E-state index in [1.54, 1.807) is 0 Å². The minimum Gasteiger partial charge on any atom is -0.445 e. The smallest absolute Gasteiger partial charge is 0.410 e. The number of hydrogen-bond donors (Lipinski definition) is 0. The van der Waals surface area contributed by atoms with Gasteiger partial charge in [-0.3, -0.25) is 4.90 Å². The van der Waals surface area contributed by atoms with Crippen LogP contribution < -0.4 is 0 Å². The van der Waals surface area contributed by atoms with Gasteiger partial charge in [0.2, 0.25) is 0 Å². The van der Waals surface area contributed by atoms with Crippen molar-refractivity contribution in [2.45, 2.75) is 42.5 Å². The zero-order valence-electron chi connectivity index (χ0n) is 15.5. The second-order valence-electron chi connectivity index (χ2n) is 7.24. The summed E-state index contributed by atoms with van der Waals surface area (Å²) in [5, 5.41) is 0. The molecular weight excluding hydrogens is 374 g/mol. The van der Waals surface area contributed by atoms with Gasteiger partial charge in [-0.25, -0.2) is 4.79 Å². The number of likely N-dealkylation sites (tertiary alicyclic amines) is 1. The third kappa shape index (κ3) is 4.14. The molecule has 5 heteroatoms.